The standard InChI is InChI=1S/C16H13N3O4S2/c20-12(8-1-2-13-10(3-8)17-14(21)4-23-13)7-25-16-18-11-6-24-5-9(11)15(22)19-16/h1-3H,4-7H2,(H,17,21)(H,18,19,22). The van der Waals surface area contributed by atoms with Crippen molar-refractivity contribution in [1.82, 2.24) is 9.97 Å². The lowest BCUT2D eigenvalue weighted by molar-refractivity contribution is -0.118. The van der Waals surface area contributed by atoms with Crippen LogP contribution in [0, 0.1) is 0 Å². The molecule has 0 saturated heterocycles. The van der Waals surface area contributed by atoms with Crippen molar-refractivity contribution in [2.75, 3.05) is 17.7 Å². The highest BCUT2D eigenvalue weighted by Gasteiger charge is 2.20. The Bertz CT molecular complexity index is 941. The Balaban J connectivity index is 1.48. The number of H-pyrrole nitrogens is 1. The number of rotatable bonds is 4. The van der Waals surface area contributed by atoms with Crippen molar-refractivity contribution >= 4 is 40.9 Å². The van der Waals surface area contributed by atoms with E-state index in [9.17, 15) is 14.4 Å². The van der Waals surface area contributed by atoms with Crippen LogP contribution in [0.4, 0.5) is 5.69 Å². The average Bonchev–Trinajstić information content (AvgIpc) is 3.08. The summed E-state index contributed by atoms with van der Waals surface area (Å²) in [7, 11) is 0. The van der Waals surface area contributed by atoms with E-state index in [2.05, 4.69) is 15.3 Å². The summed E-state index contributed by atoms with van der Waals surface area (Å²) in [6.45, 7) is -0.0220. The maximum Gasteiger partial charge on any atom is 0.262 e. The van der Waals surface area contributed by atoms with E-state index < -0.39 is 0 Å². The summed E-state index contributed by atoms with van der Waals surface area (Å²) in [5.74, 6) is 1.73. The first kappa shape index (κ1) is 16.2. The van der Waals surface area contributed by atoms with Crippen molar-refractivity contribution in [3.63, 3.8) is 0 Å². The predicted octanol–water partition coefficient (Wildman–Crippen LogP) is 1.82. The Morgan fingerprint density at radius 2 is 2.20 bits per heavy atom. The minimum absolute atomic E-state index is 0.0220. The number of nitrogens with zero attached hydrogens (tertiary/aromatic N) is 1. The molecule has 1 aromatic heterocycles. The lowest BCUT2D eigenvalue weighted by atomic mass is 10.1. The topological polar surface area (TPSA) is 101 Å². The number of benzene rings is 1. The number of nitrogens with one attached hydrogen (secondary N) is 2. The molecular formula is C16H13N3O4S2. The van der Waals surface area contributed by atoms with Gasteiger partial charge in [-0.15, -0.1) is 0 Å². The smallest absolute Gasteiger partial charge is 0.262 e. The highest BCUT2D eigenvalue weighted by Crippen LogP contribution is 2.30. The maximum absolute atomic E-state index is 12.4. The number of amides is 1. The summed E-state index contributed by atoms with van der Waals surface area (Å²) in [5.41, 5.74) is 2.37. The Hall–Kier alpha value is -2.26. The molecular weight excluding hydrogens is 362 g/mol. The normalized spacial score (nSPS) is 15.1. The second kappa shape index (κ2) is 6.57. The Morgan fingerprint density at radius 1 is 1.32 bits per heavy atom. The van der Waals surface area contributed by atoms with Crippen LogP contribution >= 0.6 is 23.5 Å². The van der Waals surface area contributed by atoms with Crippen molar-refractivity contribution in [2.45, 2.75) is 16.7 Å². The zero-order chi connectivity index (χ0) is 17.4. The van der Waals surface area contributed by atoms with Gasteiger partial charge in [-0.25, -0.2) is 4.98 Å². The van der Waals surface area contributed by atoms with E-state index in [-0.39, 0.29) is 29.6 Å². The predicted molar refractivity (Wildman–Crippen MR) is 95.5 cm³/mol. The van der Waals surface area contributed by atoms with E-state index in [0.717, 1.165) is 17.0 Å². The van der Waals surface area contributed by atoms with Crippen LogP contribution in [-0.2, 0) is 16.3 Å². The van der Waals surface area contributed by atoms with Crippen LogP contribution in [0.5, 0.6) is 5.75 Å². The summed E-state index contributed by atoms with van der Waals surface area (Å²) in [6, 6.07) is 4.93. The Labute approximate surface area is 150 Å². The number of aromatic amines is 1. The van der Waals surface area contributed by atoms with Crippen LogP contribution in [0.1, 0.15) is 21.6 Å². The third-order valence-electron chi connectivity index (χ3n) is 3.84. The fraction of sp³-hybridized carbons (Fsp3) is 0.250. The number of carbonyl (C=O) groups is 2. The molecule has 0 atom stereocenters. The van der Waals surface area contributed by atoms with Gasteiger partial charge in [-0.3, -0.25) is 14.4 Å². The van der Waals surface area contributed by atoms with Gasteiger partial charge in [-0.05, 0) is 18.2 Å². The molecule has 2 N–H and O–H groups in total. The van der Waals surface area contributed by atoms with E-state index in [1.54, 1.807) is 30.0 Å². The molecule has 4 rings (SSSR count). The van der Waals surface area contributed by atoms with Crippen LogP contribution in [0.15, 0.2) is 28.2 Å². The fourth-order valence-electron chi connectivity index (χ4n) is 2.58. The first-order valence-electron chi connectivity index (χ1n) is 7.52. The van der Waals surface area contributed by atoms with Crippen LogP contribution in [0.25, 0.3) is 0 Å². The van der Waals surface area contributed by atoms with E-state index in [1.165, 1.54) is 11.8 Å². The first-order chi connectivity index (χ1) is 12.1. The summed E-state index contributed by atoms with van der Waals surface area (Å²) >= 11 is 2.85. The molecule has 25 heavy (non-hydrogen) atoms. The average molecular weight is 375 g/mol. The number of hydrogen-bond donors (Lipinski definition) is 2. The zero-order valence-corrected chi connectivity index (χ0v) is 14.6. The second-order valence-electron chi connectivity index (χ2n) is 5.55. The van der Waals surface area contributed by atoms with Crippen LogP contribution in [0.2, 0.25) is 0 Å². The molecule has 1 aromatic carbocycles. The number of ether oxygens (including phenoxy) is 1. The van der Waals surface area contributed by atoms with Crippen molar-refractivity contribution < 1.29 is 14.3 Å². The fourth-order valence-corrected chi connectivity index (χ4v) is 4.39. The van der Waals surface area contributed by atoms with Gasteiger partial charge >= 0.3 is 0 Å². The first-order valence-corrected chi connectivity index (χ1v) is 9.67. The quantitative estimate of drug-likeness (QED) is 0.477. The van der Waals surface area contributed by atoms with Crippen molar-refractivity contribution in [1.29, 1.82) is 0 Å². The third-order valence-corrected chi connectivity index (χ3v) is 5.68. The van der Waals surface area contributed by atoms with Gasteiger partial charge in [0.05, 0.1) is 17.1 Å². The minimum Gasteiger partial charge on any atom is -0.482 e. The number of aromatic nitrogens is 2. The van der Waals surface area contributed by atoms with Crippen molar-refractivity contribution in [3.05, 3.63) is 45.4 Å². The Kier molecular flexibility index (Phi) is 4.26. The van der Waals surface area contributed by atoms with Crippen molar-refractivity contribution in [3.8, 4) is 5.75 Å². The number of carbonyl (C=O) groups excluding carboxylic acids is 2. The molecule has 0 spiro atoms. The molecule has 0 unspecified atom stereocenters. The van der Waals surface area contributed by atoms with Gasteiger partial charge in [0.15, 0.2) is 17.5 Å². The van der Waals surface area contributed by atoms with E-state index in [4.69, 9.17) is 4.74 Å². The molecule has 2 aliphatic heterocycles. The summed E-state index contributed by atoms with van der Waals surface area (Å²) < 4.78 is 5.28. The molecule has 2 aliphatic rings. The summed E-state index contributed by atoms with van der Waals surface area (Å²) in [5, 5.41) is 3.13. The minimum atomic E-state index is -0.246. The lowest BCUT2D eigenvalue weighted by Crippen LogP contribution is -2.25. The SMILES string of the molecule is O=C1COc2ccc(C(=O)CSc3nc4c(c(=O)[nH]3)CSC4)cc2N1. The molecule has 1 amide bonds. The van der Waals surface area contributed by atoms with Gasteiger partial charge < -0.3 is 15.0 Å². The molecule has 0 saturated carbocycles. The van der Waals surface area contributed by atoms with Gasteiger partial charge in [0.2, 0.25) is 0 Å². The highest BCUT2D eigenvalue weighted by atomic mass is 32.2. The molecule has 3 heterocycles. The third kappa shape index (κ3) is 3.29. The second-order valence-corrected chi connectivity index (χ2v) is 7.50. The monoisotopic (exact) mass is 375 g/mol. The van der Waals surface area contributed by atoms with Gasteiger partial charge in [0.25, 0.3) is 11.5 Å². The summed E-state index contributed by atoms with van der Waals surface area (Å²) in [6.07, 6.45) is 0. The number of thioether (sulfide) groups is 2. The molecule has 0 radical (unpaired) electrons. The maximum atomic E-state index is 12.4. The zero-order valence-electron chi connectivity index (χ0n) is 13.0. The number of anilines is 1. The number of fused-ring (bicyclic) bond motifs is 2. The van der Waals surface area contributed by atoms with Crippen LogP contribution in [-0.4, -0.2) is 34.0 Å². The Morgan fingerprint density at radius 3 is 3.08 bits per heavy atom. The lowest BCUT2D eigenvalue weighted by Gasteiger charge is -2.18. The van der Waals surface area contributed by atoms with Gasteiger partial charge in [-0.2, -0.15) is 11.8 Å². The number of Topliss-reactive ketones (excluding diaryl/α,β-unsaturated/α-hetero) is 1. The van der Waals surface area contributed by atoms with Gasteiger partial charge in [0.1, 0.15) is 5.75 Å². The molecule has 0 fully saturated rings. The largest absolute Gasteiger partial charge is 0.482 e. The molecule has 2 aromatic rings. The van der Waals surface area contributed by atoms with Crippen LogP contribution in [0.3, 0.4) is 0 Å². The van der Waals surface area contributed by atoms with E-state index in [0.29, 0.717) is 27.9 Å². The molecule has 128 valence electrons. The summed E-state index contributed by atoms with van der Waals surface area (Å²) in [4.78, 5) is 42.9. The molecule has 9 heteroatoms. The molecule has 0 aliphatic carbocycles. The van der Waals surface area contributed by atoms with Gasteiger partial charge in [-0.1, -0.05) is 11.8 Å². The molecule has 0 bridgehead atoms. The van der Waals surface area contributed by atoms with Crippen LogP contribution < -0.4 is 15.6 Å². The van der Waals surface area contributed by atoms with E-state index >= 15 is 0 Å². The molecule has 7 nitrogen and oxygen atoms in total. The number of hydrogen-bond acceptors (Lipinski definition) is 7. The van der Waals surface area contributed by atoms with Crippen molar-refractivity contribution in [2.24, 2.45) is 0 Å². The van der Waals surface area contributed by atoms with E-state index in [1.807, 2.05) is 0 Å². The highest BCUT2D eigenvalue weighted by molar-refractivity contribution is 7.99. The van der Waals surface area contributed by atoms with Gasteiger partial charge in [0, 0.05) is 22.6 Å². The number of ketones is 1.